The summed E-state index contributed by atoms with van der Waals surface area (Å²) in [6.07, 6.45) is 1.38. The Labute approximate surface area is 169 Å². The molecule has 0 bridgehead atoms. The van der Waals surface area contributed by atoms with E-state index in [-0.39, 0.29) is 6.54 Å². The first-order valence-electron chi connectivity index (χ1n) is 9.03. The lowest BCUT2D eigenvalue weighted by atomic mass is 10.0. The maximum absolute atomic E-state index is 11.9. The highest BCUT2D eigenvalue weighted by Crippen LogP contribution is 2.21. The molecule has 2 aromatic rings. The van der Waals surface area contributed by atoms with Gasteiger partial charge in [-0.05, 0) is 42.2 Å². The molecule has 28 heavy (non-hydrogen) atoms. The average Bonchev–Trinajstić information content (AvgIpc) is 2.68. The predicted molar refractivity (Wildman–Crippen MR) is 111 cm³/mol. The van der Waals surface area contributed by atoms with Crippen LogP contribution in [0.15, 0.2) is 47.6 Å². The fourth-order valence-corrected chi connectivity index (χ4v) is 2.58. The lowest BCUT2D eigenvalue weighted by Gasteiger charge is -2.08. The van der Waals surface area contributed by atoms with Crippen LogP contribution in [0.4, 0.5) is 0 Å². The molecule has 0 aliphatic heterocycles. The summed E-state index contributed by atoms with van der Waals surface area (Å²) < 4.78 is 5.47. The minimum Gasteiger partial charge on any atom is -0.493 e. The topological polar surface area (TPSA) is 79.8 Å². The molecule has 0 spiro atoms. The highest BCUT2D eigenvalue weighted by Gasteiger charge is 2.12. The number of rotatable bonds is 7. The van der Waals surface area contributed by atoms with Gasteiger partial charge < -0.3 is 10.1 Å². The lowest BCUT2D eigenvalue weighted by molar-refractivity contribution is -0.139. The maximum atomic E-state index is 11.9. The highest BCUT2D eigenvalue weighted by atomic mass is 35.5. The van der Waals surface area contributed by atoms with E-state index in [4.69, 9.17) is 16.3 Å². The summed E-state index contributed by atoms with van der Waals surface area (Å²) >= 11 is 5.97. The Morgan fingerprint density at radius 3 is 2.50 bits per heavy atom. The number of hydrogen-bond acceptors (Lipinski definition) is 4. The zero-order valence-corrected chi connectivity index (χ0v) is 16.9. The summed E-state index contributed by atoms with van der Waals surface area (Å²) in [5.74, 6) is -0.592. The Balaban J connectivity index is 1.88. The minimum atomic E-state index is -0.852. The number of hydrogen-bond donors (Lipinski definition) is 2. The van der Waals surface area contributed by atoms with E-state index in [2.05, 4.69) is 29.7 Å². The van der Waals surface area contributed by atoms with Crippen molar-refractivity contribution in [3.05, 3.63) is 64.2 Å². The van der Waals surface area contributed by atoms with E-state index in [9.17, 15) is 9.59 Å². The first kappa shape index (κ1) is 21.4. The highest BCUT2D eigenvalue weighted by molar-refractivity contribution is 6.35. The van der Waals surface area contributed by atoms with Gasteiger partial charge in [0.25, 0.3) is 0 Å². The Kier molecular flexibility index (Phi) is 8.02. The SMILES string of the molecule is CCOc1ccc(Cl)cc1/C=N\NC(=O)C(=O)NCc1ccc(C(C)C)cc1. The molecule has 0 aliphatic rings. The summed E-state index contributed by atoms with van der Waals surface area (Å²) in [5, 5.41) is 6.89. The van der Waals surface area contributed by atoms with Gasteiger partial charge in [-0.3, -0.25) is 9.59 Å². The summed E-state index contributed by atoms with van der Waals surface area (Å²) in [4.78, 5) is 23.8. The van der Waals surface area contributed by atoms with Crippen LogP contribution >= 0.6 is 11.6 Å². The fraction of sp³-hybridized carbons (Fsp3) is 0.286. The second-order valence-electron chi connectivity index (χ2n) is 6.39. The van der Waals surface area contributed by atoms with Gasteiger partial charge in [-0.15, -0.1) is 0 Å². The van der Waals surface area contributed by atoms with E-state index in [1.807, 2.05) is 31.2 Å². The molecule has 0 aliphatic carbocycles. The van der Waals surface area contributed by atoms with E-state index in [0.29, 0.717) is 28.9 Å². The third-order valence-corrected chi connectivity index (χ3v) is 4.18. The van der Waals surface area contributed by atoms with E-state index in [0.717, 1.165) is 5.56 Å². The molecule has 0 saturated heterocycles. The van der Waals surface area contributed by atoms with Crippen LogP contribution in [0.25, 0.3) is 0 Å². The molecule has 0 aromatic heterocycles. The van der Waals surface area contributed by atoms with Crippen molar-refractivity contribution < 1.29 is 14.3 Å². The monoisotopic (exact) mass is 401 g/mol. The van der Waals surface area contributed by atoms with Gasteiger partial charge in [-0.25, -0.2) is 5.43 Å². The van der Waals surface area contributed by atoms with E-state index < -0.39 is 11.8 Å². The third-order valence-electron chi connectivity index (χ3n) is 3.95. The molecule has 0 unspecified atom stereocenters. The van der Waals surface area contributed by atoms with Crippen molar-refractivity contribution in [3.63, 3.8) is 0 Å². The molecule has 2 rings (SSSR count). The van der Waals surface area contributed by atoms with Crippen molar-refractivity contribution in [2.75, 3.05) is 6.61 Å². The molecule has 148 valence electrons. The zero-order valence-electron chi connectivity index (χ0n) is 16.2. The Hall–Kier alpha value is -2.86. The van der Waals surface area contributed by atoms with E-state index >= 15 is 0 Å². The van der Waals surface area contributed by atoms with Gasteiger partial charge >= 0.3 is 11.8 Å². The maximum Gasteiger partial charge on any atom is 0.329 e. The van der Waals surface area contributed by atoms with Crippen LogP contribution in [0.1, 0.15) is 43.4 Å². The fourth-order valence-electron chi connectivity index (χ4n) is 2.40. The molecule has 2 N–H and O–H groups in total. The second kappa shape index (κ2) is 10.5. The number of ether oxygens (including phenoxy) is 1. The van der Waals surface area contributed by atoms with Crippen LogP contribution in [0.5, 0.6) is 5.75 Å². The molecular formula is C21H24ClN3O3. The first-order chi connectivity index (χ1) is 13.4. The van der Waals surface area contributed by atoms with Crippen LogP contribution < -0.4 is 15.5 Å². The van der Waals surface area contributed by atoms with Crippen molar-refractivity contribution in [1.29, 1.82) is 0 Å². The van der Waals surface area contributed by atoms with E-state index in [1.165, 1.54) is 11.8 Å². The number of carbonyl (C=O) groups is 2. The van der Waals surface area contributed by atoms with Crippen molar-refractivity contribution in [1.82, 2.24) is 10.7 Å². The Bertz CT molecular complexity index is 848. The summed E-state index contributed by atoms with van der Waals surface area (Å²) in [7, 11) is 0. The van der Waals surface area contributed by atoms with Crippen LogP contribution in [-0.4, -0.2) is 24.6 Å². The third kappa shape index (κ3) is 6.39. The average molecular weight is 402 g/mol. The summed E-state index contributed by atoms with van der Waals surface area (Å²) in [6, 6.07) is 13.0. The van der Waals surface area contributed by atoms with Gasteiger partial charge in [0.2, 0.25) is 0 Å². The molecule has 2 aromatic carbocycles. The molecule has 0 saturated carbocycles. The number of amides is 2. The van der Waals surface area contributed by atoms with Gasteiger partial charge in [0.05, 0.1) is 12.8 Å². The number of nitrogens with zero attached hydrogens (tertiary/aromatic N) is 1. The van der Waals surface area contributed by atoms with Crippen molar-refractivity contribution in [2.45, 2.75) is 33.2 Å². The Morgan fingerprint density at radius 2 is 1.86 bits per heavy atom. The molecule has 0 heterocycles. The molecule has 7 heteroatoms. The standard InChI is InChI=1S/C21H24ClN3O3/c1-4-28-19-10-9-18(22)11-17(19)13-24-25-21(27)20(26)23-12-15-5-7-16(8-6-15)14(2)3/h5-11,13-14H,4,12H2,1-3H3,(H,23,26)(H,25,27)/b24-13-. The van der Waals surface area contributed by atoms with E-state index in [1.54, 1.807) is 18.2 Å². The molecule has 6 nitrogen and oxygen atoms in total. The number of halogens is 1. The summed E-state index contributed by atoms with van der Waals surface area (Å²) in [6.45, 7) is 6.83. The molecule has 2 amide bonds. The molecular weight excluding hydrogens is 378 g/mol. The molecule has 0 atom stereocenters. The van der Waals surface area contributed by atoms with Crippen molar-refractivity contribution in [2.24, 2.45) is 5.10 Å². The summed E-state index contributed by atoms with van der Waals surface area (Å²) in [5.41, 5.74) is 4.93. The number of carbonyl (C=O) groups excluding carboxylic acids is 2. The van der Waals surface area contributed by atoms with Crippen LogP contribution in [0.3, 0.4) is 0 Å². The van der Waals surface area contributed by atoms with Crippen LogP contribution in [0, 0.1) is 0 Å². The predicted octanol–water partition coefficient (Wildman–Crippen LogP) is 3.63. The Morgan fingerprint density at radius 1 is 1.14 bits per heavy atom. The smallest absolute Gasteiger partial charge is 0.329 e. The molecule has 0 fully saturated rings. The molecule has 0 radical (unpaired) electrons. The minimum absolute atomic E-state index is 0.261. The van der Waals surface area contributed by atoms with Crippen molar-refractivity contribution in [3.8, 4) is 5.75 Å². The second-order valence-corrected chi connectivity index (χ2v) is 6.83. The van der Waals surface area contributed by atoms with Crippen LogP contribution in [-0.2, 0) is 16.1 Å². The number of benzene rings is 2. The van der Waals surface area contributed by atoms with Gasteiger partial charge in [0, 0.05) is 17.1 Å². The zero-order chi connectivity index (χ0) is 20.5. The van der Waals surface area contributed by atoms with Crippen molar-refractivity contribution >= 4 is 29.6 Å². The number of hydrazone groups is 1. The normalized spacial score (nSPS) is 10.9. The first-order valence-corrected chi connectivity index (χ1v) is 9.41. The van der Waals surface area contributed by atoms with Gasteiger partial charge in [-0.1, -0.05) is 49.7 Å². The van der Waals surface area contributed by atoms with Gasteiger partial charge in [0.1, 0.15) is 5.75 Å². The van der Waals surface area contributed by atoms with Gasteiger partial charge in [0.15, 0.2) is 0 Å². The van der Waals surface area contributed by atoms with Crippen LogP contribution in [0.2, 0.25) is 5.02 Å². The number of nitrogens with one attached hydrogen (secondary N) is 2. The quantitative estimate of drug-likeness (QED) is 0.422. The lowest BCUT2D eigenvalue weighted by Crippen LogP contribution is -2.37. The largest absolute Gasteiger partial charge is 0.493 e. The van der Waals surface area contributed by atoms with Gasteiger partial charge in [-0.2, -0.15) is 5.10 Å².